The van der Waals surface area contributed by atoms with E-state index in [1.165, 1.54) is 25.7 Å². The molecule has 0 aliphatic rings. The highest BCUT2D eigenvalue weighted by atomic mass is 16.5. The van der Waals surface area contributed by atoms with Crippen molar-refractivity contribution in [2.75, 3.05) is 20.3 Å². The van der Waals surface area contributed by atoms with Crippen LogP contribution in [-0.2, 0) is 14.3 Å². The van der Waals surface area contributed by atoms with Crippen LogP contribution in [0.25, 0.3) is 0 Å². The molecular formula is C14H27NO3. The predicted molar refractivity (Wildman–Crippen MR) is 72.5 cm³/mol. The average Bonchev–Trinajstić information content (AvgIpc) is 2.31. The minimum absolute atomic E-state index is 0.0516. The molecule has 0 bridgehead atoms. The van der Waals surface area contributed by atoms with Gasteiger partial charge in [-0.2, -0.15) is 0 Å². The lowest BCUT2D eigenvalue weighted by Gasteiger charge is -2.03. The summed E-state index contributed by atoms with van der Waals surface area (Å²) in [5, 5.41) is 2.79. The monoisotopic (exact) mass is 257 g/mol. The molecule has 4 nitrogen and oxygen atoms in total. The highest BCUT2D eigenvalue weighted by Gasteiger charge is 2.00. The summed E-state index contributed by atoms with van der Waals surface area (Å²) >= 11 is 0. The third kappa shape index (κ3) is 13.2. The zero-order chi connectivity index (χ0) is 13.6. The quantitative estimate of drug-likeness (QED) is 0.546. The third-order valence-electron chi connectivity index (χ3n) is 2.81. The number of hydrogen-bond donors (Lipinski definition) is 1. The molecule has 0 rings (SSSR count). The van der Waals surface area contributed by atoms with Gasteiger partial charge in [0.25, 0.3) is 0 Å². The van der Waals surface area contributed by atoms with E-state index in [1.54, 1.807) is 14.0 Å². The van der Waals surface area contributed by atoms with Crippen molar-refractivity contribution < 1.29 is 14.3 Å². The van der Waals surface area contributed by atoms with E-state index in [0.29, 0.717) is 6.42 Å². The Kier molecular flexibility index (Phi) is 11.9. The summed E-state index contributed by atoms with van der Waals surface area (Å²) in [6.45, 7) is 2.59. The number of carbonyl (C=O) groups is 2. The van der Waals surface area contributed by atoms with Crippen molar-refractivity contribution in [3.63, 3.8) is 0 Å². The van der Waals surface area contributed by atoms with Gasteiger partial charge in [0.15, 0.2) is 5.78 Å². The number of unbranched alkanes of at least 4 members (excludes halogenated alkanes) is 6. The molecule has 0 saturated heterocycles. The summed E-state index contributed by atoms with van der Waals surface area (Å²) in [7, 11) is 1.55. The van der Waals surface area contributed by atoms with Gasteiger partial charge in [0, 0.05) is 27.0 Å². The van der Waals surface area contributed by atoms with Crippen LogP contribution < -0.4 is 5.32 Å². The van der Waals surface area contributed by atoms with Crippen LogP contribution in [0, 0.1) is 0 Å². The second-order valence-corrected chi connectivity index (χ2v) is 4.68. The van der Waals surface area contributed by atoms with Gasteiger partial charge in [0.2, 0.25) is 5.91 Å². The molecule has 0 aliphatic heterocycles. The molecule has 0 aromatic heterocycles. The van der Waals surface area contributed by atoms with Crippen molar-refractivity contribution in [3.8, 4) is 0 Å². The van der Waals surface area contributed by atoms with Gasteiger partial charge in [-0.05, 0) is 12.8 Å². The number of amides is 1. The van der Waals surface area contributed by atoms with Crippen LogP contribution >= 0.6 is 0 Å². The van der Waals surface area contributed by atoms with Crippen LogP contribution in [0.2, 0.25) is 0 Å². The molecule has 0 aromatic rings. The number of ketones is 1. The van der Waals surface area contributed by atoms with E-state index >= 15 is 0 Å². The summed E-state index contributed by atoms with van der Waals surface area (Å²) in [4.78, 5) is 21.8. The number of nitrogens with one attached hydrogen (secondary N) is 1. The molecule has 0 saturated carbocycles. The first-order valence-electron chi connectivity index (χ1n) is 6.92. The van der Waals surface area contributed by atoms with Crippen LogP contribution in [-0.4, -0.2) is 32.0 Å². The van der Waals surface area contributed by atoms with Gasteiger partial charge in [0.1, 0.15) is 6.61 Å². The van der Waals surface area contributed by atoms with E-state index in [4.69, 9.17) is 4.74 Å². The molecular weight excluding hydrogens is 230 g/mol. The number of hydrogen-bond acceptors (Lipinski definition) is 3. The highest BCUT2D eigenvalue weighted by Crippen LogP contribution is 2.08. The SMILES string of the molecule is COCC(=O)CCCCCCCCCNC(C)=O. The largest absolute Gasteiger partial charge is 0.377 e. The lowest BCUT2D eigenvalue weighted by Crippen LogP contribution is -2.20. The van der Waals surface area contributed by atoms with Crippen molar-refractivity contribution >= 4 is 11.7 Å². The average molecular weight is 257 g/mol. The molecule has 1 N–H and O–H groups in total. The fraction of sp³-hybridized carbons (Fsp3) is 0.857. The Bertz CT molecular complexity index is 229. The maximum absolute atomic E-state index is 11.1. The molecule has 0 radical (unpaired) electrons. The molecule has 0 heterocycles. The smallest absolute Gasteiger partial charge is 0.216 e. The third-order valence-corrected chi connectivity index (χ3v) is 2.81. The van der Waals surface area contributed by atoms with Gasteiger partial charge in [0.05, 0.1) is 0 Å². The Labute approximate surface area is 110 Å². The van der Waals surface area contributed by atoms with Crippen LogP contribution in [0.3, 0.4) is 0 Å². The maximum atomic E-state index is 11.1. The summed E-state index contributed by atoms with van der Waals surface area (Å²) < 4.78 is 4.77. The second-order valence-electron chi connectivity index (χ2n) is 4.68. The fourth-order valence-electron chi connectivity index (χ4n) is 1.83. The van der Waals surface area contributed by atoms with Crippen molar-refractivity contribution in [1.29, 1.82) is 0 Å². The van der Waals surface area contributed by atoms with E-state index in [-0.39, 0.29) is 18.3 Å². The summed E-state index contributed by atoms with van der Waals surface area (Å²) in [6.07, 6.45) is 8.62. The molecule has 0 spiro atoms. The molecule has 106 valence electrons. The second kappa shape index (κ2) is 12.6. The lowest BCUT2D eigenvalue weighted by molar-refractivity contribution is -0.122. The molecule has 1 amide bonds. The van der Waals surface area contributed by atoms with Crippen LogP contribution in [0.15, 0.2) is 0 Å². The first-order chi connectivity index (χ1) is 8.66. The molecule has 18 heavy (non-hydrogen) atoms. The van der Waals surface area contributed by atoms with Gasteiger partial charge in [-0.15, -0.1) is 0 Å². The van der Waals surface area contributed by atoms with Gasteiger partial charge in [-0.25, -0.2) is 0 Å². The van der Waals surface area contributed by atoms with Crippen LogP contribution in [0.5, 0.6) is 0 Å². The van der Waals surface area contributed by atoms with Crippen molar-refractivity contribution in [1.82, 2.24) is 5.32 Å². The molecule has 0 fully saturated rings. The topological polar surface area (TPSA) is 55.4 Å². The minimum atomic E-state index is 0.0516. The first kappa shape index (κ1) is 17.1. The first-order valence-corrected chi connectivity index (χ1v) is 6.92. The van der Waals surface area contributed by atoms with E-state index in [1.807, 2.05) is 0 Å². The molecule has 0 atom stereocenters. The Hall–Kier alpha value is -0.900. The Morgan fingerprint density at radius 3 is 2.06 bits per heavy atom. The van der Waals surface area contributed by atoms with E-state index < -0.39 is 0 Å². The number of Topliss-reactive ketones (excluding diaryl/α,β-unsaturated/α-hetero) is 1. The van der Waals surface area contributed by atoms with Gasteiger partial charge < -0.3 is 10.1 Å². The maximum Gasteiger partial charge on any atom is 0.216 e. The van der Waals surface area contributed by atoms with E-state index in [9.17, 15) is 9.59 Å². The number of ether oxygens (including phenoxy) is 1. The Morgan fingerprint density at radius 1 is 0.944 bits per heavy atom. The number of methoxy groups -OCH3 is 1. The van der Waals surface area contributed by atoms with Crippen molar-refractivity contribution in [2.24, 2.45) is 0 Å². The standard InChI is InChI=1S/C14H27NO3/c1-13(16)15-11-9-7-5-3-4-6-8-10-14(17)12-18-2/h3-12H2,1-2H3,(H,15,16). The molecule has 0 aliphatic carbocycles. The van der Waals surface area contributed by atoms with E-state index in [0.717, 1.165) is 25.8 Å². The summed E-state index contributed by atoms with van der Waals surface area (Å²) in [5.74, 6) is 0.253. The van der Waals surface area contributed by atoms with Crippen LogP contribution in [0.1, 0.15) is 58.3 Å². The van der Waals surface area contributed by atoms with Gasteiger partial charge in [-0.3, -0.25) is 9.59 Å². The minimum Gasteiger partial charge on any atom is -0.377 e. The Morgan fingerprint density at radius 2 is 1.50 bits per heavy atom. The van der Waals surface area contributed by atoms with Crippen molar-refractivity contribution in [2.45, 2.75) is 58.3 Å². The normalized spacial score (nSPS) is 10.3. The number of carbonyl (C=O) groups excluding carboxylic acids is 2. The fourth-order valence-corrected chi connectivity index (χ4v) is 1.83. The highest BCUT2D eigenvalue weighted by molar-refractivity contribution is 5.79. The van der Waals surface area contributed by atoms with E-state index in [2.05, 4.69) is 5.32 Å². The molecule has 4 heteroatoms. The Balaban J connectivity index is 3.07. The number of rotatable bonds is 12. The molecule has 0 unspecified atom stereocenters. The summed E-state index contributed by atoms with van der Waals surface area (Å²) in [5.41, 5.74) is 0. The molecule has 0 aromatic carbocycles. The summed E-state index contributed by atoms with van der Waals surface area (Å²) in [6, 6.07) is 0. The lowest BCUT2D eigenvalue weighted by atomic mass is 10.1. The van der Waals surface area contributed by atoms with Crippen molar-refractivity contribution in [3.05, 3.63) is 0 Å². The predicted octanol–water partition coefficient (Wildman–Crippen LogP) is 2.46. The van der Waals surface area contributed by atoms with Gasteiger partial charge in [-0.1, -0.05) is 32.1 Å². The van der Waals surface area contributed by atoms with Crippen LogP contribution in [0.4, 0.5) is 0 Å². The zero-order valence-corrected chi connectivity index (χ0v) is 11.8. The van der Waals surface area contributed by atoms with Gasteiger partial charge >= 0.3 is 0 Å². The zero-order valence-electron chi connectivity index (χ0n) is 11.8.